The average Bonchev–Trinajstić information content (AvgIpc) is 3.25. The van der Waals surface area contributed by atoms with Gasteiger partial charge in [0.25, 0.3) is 0 Å². The molecule has 28 heavy (non-hydrogen) atoms. The van der Waals surface area contributed by atoms with Gasteiger partial charge in [-0.3, -0.25) is 0 Å². The van der Waals surface area contributed by atoms with Crippen LogP contribution < -0.4 is 4.74 Å². The van der Waals surface area contributed by atoms with Gasteiger partial charge in [0, 0.05) is 11.3 Å². The smallest absolute Gasteiger partial charge is 0.127 e. The molecule has 2 atom stereocenters. The molecule has 4 heteroatoms. The van der Waals surface area contributed by atoms with Crippen molar-refractivity contribution in [1.29, 1.82) is 0 Å². The summed E-state index contributed by atoms with van der Waals surface area (Å²) in [5, 5.41) is 11.1. The van der Waals surface area contributed by atoms with Crippen LogP contribution in [-0.2, 0) is 0 Å². The molecule has 2 nitrogen and oxygen atoms in total. The van der Waals surface area contributed by atoms with Crippen LogP contribution in [0.25, 0.3) is 0 Å². The Kier molecular flexibility index (Phi) is 11.8. The van der Waals surface area contributed by atoms with Gasteiger partial charge in [-0.2, -0.15) is 23.5 Å². The van der Waals surface area contributed by atoms with Gasteiger partial charge in [0.2, 0.25) is 0 Å². The van der Waals surface area contributed by atoms with Gasteiger partial charge in [-0.15, -0.1) is 0 Å². The van der Waals surface area contributed by atoms with Crippen LogP contribution in [0.2, 0.25) is 0 Å². The topological polar surface area (TPSA) is 29.5 Å². The zero-order valence-corrected chi connectivity index (χ0v) is 19.8. The third-order valence-electron chi connectivity index (χ3n) is 5.52. The highest BCUT2D eigenvalue weighted by atomic mass is 32.2. The normalized spacial score (nSPS) is 17.0. The molecular formula is C24H40O2S2. The summed E-state index contributed by atoms with van der Waals surface area (Å²) >= 11 is 3.73. The number of para-hydroxylation sites is 1. The van der Waals surface area contributed by atoms with Crippen molar-refractivity contribution in [2.75, 3.05) is 23.9 Å². The van der Waals surface area contributed by atoms with Gasteiger partial charge in [0.1, 0.15) is 5.75 Å². The van der Waals surface area contributed by atoms with Crippen LogP contribution in [0.4, 0.5) is 0 Å². The molecule has 1 aliphatic rings. The van der Waals surface area contributed by atoms with Crippen molar-refractivity contribution in [3.05, 3.63) is 29.3 Å². The van der Waals surface area contributed by atoms with Crippen LogP contribution in [0.15, 0.2) is 18.2 Å². The number of aliphatic hydroxyl groups excluding tert-OH is 1. The van der Waals surface area contributed by atoms with E-state index in [2.05, 4.69) is 39.0 Å². The Hall–Kier alpha value is -0.320. The van der Waals surface area contributed by atoms with Crippen molar-refractivity contribution in [3.63, 3.8) is 0 Å². The Balaban J connectivity index is 2.31. The highest BCUT2D eigenvalue weighted by molar-refractivity contribution is 8.00. The van der Waals surface area contributed by atoms with Gasteiger partial charge in [0.05, 0.1) is 18.0 Å². The first-order valence-electron chi connectivity index (χ1n) is 11.4. The molecule has 0 aliphatic heterocycles. The molecule has 1 N–H and O–H groups in total. The van der Waals surface area contributed by atoms with E-state index in [0.29, 0.717) is 5.92 Å². The van der Waals surface area contributed by atoms with E-state index < -0.39 is 0 Å². The van der Waals surface area contributed by atoms with Gasteiger partial charge >= 0.3 is 0 Å². The maximum Gasteiger partial charge on any atom is 0.127 e. The molecular weight excluding hydrogens is 384 g/mol. The molecule has 0 amide bonds. The highest BCUT2D eigenvalue weighted by Crippen LogP contribution is 2.45. The average molecular weight is 425 g/mol. The van der Waals surface area contributed by atoms with E-state index in [9.17, 15) is 5.11 Å². The SMILES string of the molecule is CCCCCOc1c(C2CCCC2)cccc1C(SCCC)C(O)CSCC. The molecule has 160 valence electrons. The fraction of sp³-hybridized carbons (Fsp3) is 0.750. The lowest BCUT2D eigenvalue weighted by atomic mass is 9.93. The highest BCUT2D eigenvalue weighted by Gasteiger charge is 2.29. The summed E-state index contributed by atoms with van der Waals surface area (Å²) in [5.41, 5.74) is 2.62. The van der Waals surface area contributed by atoms with Crippen molar-refractivity contribution in [2.24, 2.45) is 0 Å². The second-order valence-corrected chi connectivity index (χ2v) is 10.4. The van der Waals surface area contributed by atoms with Crippen molar-refractivity contribution in [2.45, 2.75) is 89.4 Å². The Morgan fingerprint density at radius 3 is 2.57 bits per heavy atom. The summed E-state index contributed by atoms with van der Waals surface area (Å²) in [5.74, 6) is 4.63. The molecule has 0 heterocycles. The molecule has 2 rings (SSSR count). The second kappa shape index (κ2) is 13.8. The predicted molar refractivity (Wildman–Crippen MR) is 127 cm³/mol. The zero-order valence-electron chi connectivity index (χ0n) is 18.1. The van der Waals surface area contributed by atoms with Crippen LogP contribution in [0.5, 0.6) is 5.75 Å². The molecule has 0 bridgehead atoms. The summed E-state index contributed by atoms with van der Waals surface area (Å²) in [7, 11) is 0. The van der Waals surface area contributed by atoms with Crippen LogP contribution in [0.1, 0.15) is 94.4 Å². The van der Waals surface area contributed by atoms with Crippen LogP contribution in [-0.4, -0.2) is 35.1 Å². The molecule has 1 aliphatic carbocycles. The molecule has 1 aromatic carbocycles. The zero-order chi connectivity index (χ0) is 20.2. The molecule has 0 spiro atoms. The molecule has 2 unspecified atom stereocenters. The molecule has 1 saturated carbocycles. The number of unbranched alkanes of at least 4 members (excludes halogenated alkanes) is 2. The number of aliphatic hydroxyl groups is 1. The minimum absolute atomic E-state index is 0.0986. The number of hydrogen-bond donors (Lipinski definition) is 1. The lowest BCUT2D eigenvalue weighted by Crippen LogP contribution is -2.21. The van der Waals surface area contributed by atoms with E-state index in [1.807, 2.05) is 23.5 Å². The van der Waals surface area contributed by atoms with Crippen molar-refractivity contribution in [1.82, 2.24) is 0 Å². The first kappa shape index (κ1) is 24.0. The number of ether oxygens (including phenoxy) is 1. The van der Waals surface area contributed by atoms with E-state index in [-0.39, 0.29) is 11.4 Å². The third kappa shape index (κ3) is 7.18. The Labute approximate surface area is 181 Å². The Morgan fingerprint density at radius 2 is 1.89 bits per heavy atom. The van der Waals surface area contributed by atoms with Crippen molar-refractivity contribution in [3.8, 4) is 5.75 Å². The fourth-order valence-corrected chi connectivity index (χ4v) is 5.99. The van der Waals surface area contributed by atoms with Gasteiger partial charge in [0.15, 0.2) is 0 Å². The summed E-state index contributed by atoms with van der Waals surface area (Å²) in [6.07, 6.45) is 9.53. The summed E-state index contributed by atoms with van der Waals surface area (Å²) in [6.45, 7) is 7.40. The predicted octanol–water partition coefficient (Wildman–Crippen LogP) is 7.21. The van der Waals surface area contributed by atoms with E-state index in [1.165, 1.54) is 49.7 Å². The largest absolute Gasteiger partial charge is 0.493 e. The summed E-state index contributed by atoms with van der Waals surface area (Å²) < 4.78 is 6.47. The third-order valence-corrected chi connectivity index (χ3v) is 8.07. The Morgan fingerprint density at radius 1 is 1.11 bits per heavy atom. The maximum absolute atomic E-state index is 11.0. The van der Waals surface area contributed by atoms with Crippen molar-refractivity contribution >= 4 is 23.5 Å². The minimum Gasteiger partial charge on any atom is -0.493 e. The maximum atomic E-state index is 11.0. The number of benzene rings is 1. The van der Waals surface area contributed by atoms with Crippen LogP contribution >= 0.6 is 23.5 Å². The Bertz CT molecular complexity index is 543. The molecule has 1 fully saturated rings. The second-order valence-electron chi connectivity index (χ2n) is 7.82. The first-order valence-corrected chi connectivity index (χ1v) is 13.6. The quantitative estimate of drug-likeness (QED) is 0.319. The standard InChI is InChI=1S/C24H40O2S2/c1-4-7-10-16-26-23-20(19-12-8-9-13-19)14-11-15-21(23)24(28-17-5-2)22(25)18-27-6-3/h11,14-15,19,22,24-25H,4-10,12-13,16-18H2,1-3H3. The number of rotatable bonds is 14. The van der Waals surface area contributed by atoms with Gasteiger partial charge < -0.3 is 9.84 Å². The monoisotopic (exact) mass is 424 g/mol. The van der Waals surface area contributed by atoms with Gasteiger partial charge in [-0.25, -0.2) is 0 Å². The van der Waals surface area contributed by atoms with E-state index in [1.54, 1.807) is 0 Å². The van der Waals surface area contributed by atoms with Gasteiger partial charge in [-0.05, 0) is 48.7 Å². The molecule has 0 aromatic heterocycles. The first-order chi connectivity index (χ1) is 13.7. The minimum atomic E-state index is -0.335. The summed E-state index contributed by atoms with van der Waals surface area (Å²) in [6, 6.07) is 6.69. The number of thioether (sulfide) groups is 2. The molecule has 0 saturated heterocycles. The van der Waals surface area contributed by atoms with E-state index in [0.717, 1.165) is 42.5 Å². The lowest BCUT2D eigenvalue weighted by molar-refractivity contribution is 0.194. The fourth-order valence-electron chi connectivity index (χ4n) is 4.03. The number of hydrogen-bond acceptors (Lipinski definition) is 4. The van der Waals surface area contributed by atoms with Crippen LogP contribution in [0, 0.1) is 0 Å². The van der Waals surface area contributed by atoms with Crippen molar-refractivity contribution < 1.29 is 9.84 Å². The van der Waals surface area contributed by atoms with E-state index >= 15 is 0 Å². The molecule has 0 radical (unpaired) electrons. The molecule has 1 aromatic rings. The van der Waals surface area contributed by atoms with Crippen LogP contribution in [0.3, 0.4) is 0 Å². The van der Waals surface area contributed by atoms with E-state index in [4.69, 9.17) is 4.74 Å². The van der Waals surface area contributed by atoms with Gasteiger partial charge in [-0.1, -0.05) is 64.7 Å². The summed E-state index contributed by atoms with van der Waals surface area (Å²) in [4.78, 5) is 0. The lowest BCUT2D eigenvalue weighted by Gasteiger charge is -2.27.